The molecule has 1 aromatic carbocycles. The summed E-state index contributed by atoms with van der Waals surface area (Å²) in [6.45, 7) is 3.50. The van der Waals surface area contributed by atoms with Gasteiger partial charge in [0.1, 0.15) is 18.9 Å². The lowest BCUT2D eigenvalue weighted by Gasteiger charge is -2.31. The fourth-order valence-electron chi connectivity index (χ4n) is 3.61. The molecule has 1 N–H and O–H groups in total. The average molecular weight is 393 g/mol. The number of pyridine rings is 1. The van der Waals surface area contributed by atoms with E-state index < -0.39 is 0 Å². The lowest BCUT2D eigenvalue weighted by atomic mass is 10.2. The van der Waals surface area contributed by atoms with Crippen LogP contribution in [-0.4, -0.2) is 45.9 Å². The van der Waals surface area contributed by atoms with Crippen LogP contribution in [0.3, 0.4) is 0 Å². The van der Waals surface area contributed by atoms with Gasteiger partial charge in [-0.1, -0.05) is 24.3 Å². The zero-order valence-electron chi connectivity index (χ0n) is 15.2. The summed E-state index contributed by atoms with van der Waals surface area (Å²) in [6, 6.07) is 16.1. The van der Waals surface area contributed by atoms with Crippen molar-refractivity contribution < 1.29 is 4.98 Å². The molecule has 0 unspecified atom stereocenters. The number of hydrogen-bond donors (Lipinski definition) is 0. The van der Waals surface area contributed by atoms with E-state index in [4.69, 9.17) is 11.6 Å². The summed E-state index contributed by atoms with van der Waals surface area (Å²) < 4.78 is 1.81. The number of piperazine rings is 1. The van der Waals surface area contributed by atoms with E-state index in [2.05, 4.69) is 35.9 Å². The summed E-state index contributed by atoms with van der Waals surface area (Å²) in [7, 11) is 0. The summed E-state index contributed by atoms with van der Waals surface area (Å²) in [5, 5.41) is 5.68. The van der Waals surface area contributed by atoms with Crippen molar-refractivity contribution in [3.8, 4) is 5.69 Å². The highest BCUT2D eigenvalue weighted by atomic mass is 35.5. The molecular formula is C20H19ClN7+. The van der Waals surface area contributed by atoms with Crippen molar-refractivity contribution in [1.29, 1.82) is 0 Å². The number of aromatic amines is 1. The van der Waals surface area contributed by atoms with E-state index in [1.165, 1.54) is 0 Å². The van der Waals surface area contributed by atoms with E-state index >= 15 is 0 Å². The van der Waals surface area contributed by atoms with Crippen LogP contribution in [0.25, 0.3) is 16.7 Å². The number of hydrogen-bond acceptors (Lipinski definition) is 5. The largest absolute Gasteiger partial charge is 0.348 e. The van der Waals surface area contributed by atoms with Crippen LogP contribution in [-0.2, 0) is 0 Å². The van der Waals surface area contributed by atoms with Gasteiger partial charge in [-0.3, -0.25) is 4.90 Å². The van der Waals surface area contributed by atoms with Crippen LogP contribution in [0.1, 0.15) is 0 Å². The third-order valence-electron chi connectivity index (χ3n) is 4.99. The monoisotopic (exact) mass is 392 g/mol. The average Bonchev–Trinajstić information content (AvgIpc) is 3.18. The summed E-state index contributed by atoms with van der Waals surface area (Å²) in [5.41, 5.74) is 1.67. The third kappa shape index (κ3) is 3.03. The van der Waals surface area contributed by atoms with Crippen LogP contribution >= 0.6 is 11.6 Å². The number of para-hydroxylation sites is 1. The Morgan fingerprint density at radius 2 is 1.61 bits per heavy atom. The molecule has 0 aliphatic carbocycles. The predicted octanol–water partition coefficient (Wildman–Crippen LogP) is 2.61. The van der Waals surface area contributed by atoms with Gasteiger partial charge in [0.25, 0.3) is 5.82 Å². The first-order valence-electron chi connectivity index (χ1n) is 9.23. The lowest BCUT2D eigenvalue weighted by Crippen LogP contribution is -2.48. The van der Waals surface area contributed by atoms with E-state index in [0.717, 1.165) is 54.5 Å². The number of nitrogens with zero attached hydrogens (tertiary/aromatic N) is 6. The standard InChI is InChI=1S/C20H18ClN7/c21-20-24-18(27-12-10-26(11-13-27)17-8-4-5-9-22-17)16-14-23-28(19(16)25-20)15-6-2-1-3-7-15/h1-9,14H,10-13H2/p+1. The molecule has 140 valence electrons. The van der Waals surface area contributed by atoms with Crippen LogP contribution in [0.4, 0.5) is 11.6 Å². The van der Waals surface area contributed by atoms with Crippen molar-refractivity contribution in [1.82, 2.24) is 19.7 Å². The Balaban J connectivity index is 1.46. The molecule has 0 atom stereocenters. The second-order valence-electron chi connectivity index (χ2n) is 6.67. The number of benzene rings is 1. The van der Waals surface area contributed by atoms with Gasteiger partial charge in [-0.15, -0.1) is 0 Å². The molecule has 7 nitrogen and oxygen atoms in total. The normalized spacial score (nSPS) is 14.6. The van der Waals surface area contributed by atoms with E-state index in [-0.39, 0.29) is 5.28 Å². The maximum Gasteiger partial charge on any atom is 0.274 e. The van der Waals surface area contributed by atoms with Gasteiger partial charge in [0, 0.05) is 6.07 Å². The molecule has 5 rings (SSSR count). The molecule has 28 heavy (non-hydrogen) atoms. The smallest absolute Gasteiger partial charge is 0.274 e. The number of aromatic nitrogens is 5. The third-order valence-corrected chi connectivity index (χ3v) is 5.16. The Kier molecular flexibility index (Phi) is 4.29. The highest BCUT2D eigenvalue weighted by molar-refractivity contribution is 6.28. The van der Waals surface area contributed by atoms with Gasteiger partial charge in [-0.25, -0.2) is 9.67 Å². The quantitative estimate of drug-likeness (QED) is 0.501. The molecule has 8 heteroatoms. The lowest BCUT2D eigenvalue weighted by molar-refractivity contribution is -0.364. The number of H-pyrrole nitrogens is 1. The molecule has 1 fully saturated rings. The molecule has 0 radical (unpaired) electrons. The molecule has 3 aromatic heterocycles. The SMILES string of the molecule is Clc1nc(N2CCN(c3cccc[nH+]3)CC2)c2cnn(-c3ccccc3)c2n1. The zero-order valence-corrected chi connectivity index (χ0v) is 15.9. The van der Waals surface area contributed by atoms with Gasteiger partial charge < -0.3 is 4.90 Å². The summed E-state index contributed by atoms with van der Waals surface area (Å²) in [4.78, 5) is 16.9. The Morgan fingerprint density at radius 3 is 2.36 bits per heavy atom. The number of anilines is 2. The van der Waals surface area contributed by atoms with Crippen LogP contribution < -0.4 is 14.8 Å². The first kappa shape index (κ1) is 16.9. The molecular weight excluding hydrogens is 374 g/mol. The highest BCUT2D eigenvalue weighted by Crippen LogP contribution is 2.28. The van der Waals surface area contributed by atoms with Crippen molar-refractivity contribution in [2.75, 3.05) is 36.0 Å². The molecule has 1 aliphatic rings. The van der Waals surface area contributed by atoms with Crippen LogP contribution in [0.2, 0.25) is 5.28 Å². The van der Waals surface area contributed by atoms with Crippen LogP contribution in [0.5, 0.6) is 0 Å². The maximum atomic E-state index is 6.28. The van der Waals surface area contributed by atoms with Crippen molar-refractivity contribution in [3.63, 3.8) is 0 Å². The molecule has 4 heterocycles. The summed E-state index contributed by atoms with van der Waals surface area (Å²) >= 11 is 6.28. The van der Waals surface area contributed by atoms with Crippen molar-refractivity contribution in [2.45, 2.75) is 0 Å². The Labute approximate surface area is 167 Å². The Bertz CT molecular complexity index is 1090. The van der Waals surface area contributed by atoms with Gasteiger partial charge in [-0.2, -0.15) is 15.1 Å². The molecule has 1 saturated heterocycles. The topological polar surface area (TPSA) is 64.2 Å². The summed E-state index contributed by atoms with van der Waals surface area (Å²) in [5.74, 6) is 1.97. The van der Waals surface area contributed by atoms with E-state index in [1.807, 2.05) is 59.5 Å². The van der Waals surface area contributed by atoms with Crippen molar-refractivity contribution in [3.05, 3.63) is 66.2 Å². The van der Waals surface area contributed by atoms with Gasteiger partial charge in [0.05, 0.1) is 36.6 Å². The van der Waals surface area contributed by atoms with Crippen molar-refractivity contribution in [2.24, 2.45) is 0 Å². The fourth-order valence-corrected chi connectivity index (χ4v) is 3.77. The highest BCUT2D eigenvalue weighted by Gasteiger charge is 2.26. The second kappa shape index (κ2) is 7.09. The molecule has 0 amide bonds. The molecule has 4 aromatic rings. The van der Waals surface area contributed by atoms with Crippen LogP contribution in [0, 0.1) is 0 Å². The Morgan fingerprint density at radius 1 is 0.857 bits per heavy atom. The molecule has 0 spiro atoms. The first-order chi connectivity index (χ1) is 13.8. The Hall–Kier alpha value is -3.19. The maximum absolute atomic E-state index is 6.28. The molecule has 0 bridgehead atoms. The number of rotatable bonds is 3. The van der Waals surface area contributed by atoms with Crippen molar-refractivity contribution >= 4 is 34.3 Å². The van der Waals surface area contributed by atoms with E-state index in [0.29, 0.717) is 0 Å². The van der Waals surface area contributed by atoms with E-state index in [9.17, 15) is 0 Å². The minimum absolute atomic E-state index is 0.235. The van der Waals surface area contributed by atoms with Gasteiger partial charge >= 0.3 is 0 Å². The predicted molar refractivity (Wildman–Crippen MR) is 109 cm³/mol. The first-order valence-corrected chi connectivity index (χ1v) is 9.61. The molecule has 0 saturated carbocycles. The number of fused-ring (bicyclic) bond motifs is 1. The van der Waals surface area contributed by atoms with Gasteiger partial charge in [0.2, 0.25) is 5.28 Å². The number of nitrogens with one attached hydrogen (secondary N) is 1. The second-order valence-corrected chi connectivity index (χ2v) is 7.01. The van der Waals surface area contributed by atoms with Gasteiger partial charge in [-0.05, 0) is 29.8 Å². The number of halogens is 1. The minimum Gasteiger partial charge on any atom is -0.348 e. The molecule has 1 aliphatic heterocycles. The fraction of sp³-hybridized carbons (Fsp3) is 0.200. The summed E-state index contributed by atoms with van der Waals surface area (Å²) in [6.07, 6.45) is 3.78. The van der Waals surface area contributed by atoms with E-state index in [1.54, 1.807) is 0 Å². The van der Waals surface area contributed by atoms with Crippen LogP contribution in [0.15, 0.2) is 60.9 Å². The minimum atomic E-state index is 0.235. The van der Waals surface area contributed by atoms with Gasteiger partial charge in [0.15, 0.2) is 5.65 Å². The zero-order chi connectivity index (χ0) is 18.9.